The van der Waals surface area contributed by atoms with Gasteiger partial charge in [-0.15, -0.1) is 0 Å². The van der Waals surface area contributed by atoms with E-state index in [9.17, 15) is 4.79 Å². The van der Waals surface area contributed by atoms with Crippen molar-refractivity contribution in [3.8, 4) is 0 Å². The molecule has 1 fully saturated rings. The number of aliphatic hydroxyl groups excluding tert-OH is 1. The van der Waals surface area contributed by atoms with Gasteiger partial charge in [-0.25, -0.2) is 4.79 Å². The van der Waals surface area contributed by atoms with Crippen LogP contribution in [0, 0.1) is 0 Å². The quantitative estimate of drug-likeness (QED) is 0.794. The van der Waals surface area contributed by atoms with E-state index in [0.29, 0.717) is 13.0 Å². The summed E-state index contributed by atoms with van der Waals surface area (Å²) in [7, 11) is 0. The first kappa shape index (κ1) is 15.9. The van der Waals surface area contributed by atoms with Crippen molar-refractivity contribution < 1.29 is 9.90 Å². The molecule has 1 saturated heterocycles. The maximum atomic E-state index is 12.4. The van der Waals surface area contributed by atoms with Crippen LogP contribution in [0.1, 0.15) is 31.2 Å². The molecule has 5 nitrogen and oxygen atoms in total. The van der Waals surface area contributed by atoms with Crippen molar-refractivity contribution in [1.82, 2.24) is 15.2 Å². The summed E-state index contributed by atoms with van der Waals surface area (Å²) in [4.78, 5) is 17.6. The number of piperidine rings is 1. The number of nitrogens with zero attached hydrogens (tertiary/aromatic N) is 1. The Kier molecular flexibility index (Phi) is 5.18. The second kappa shape index (κ2) is 7.51. The van der Waals surface area contributed by atoms with Crippen molar-refractivity contribution in [3.05, 3.63) is 36.0 Å². The molecule has 124 valence electrons. The predicted molar refractivity (Wildman–Crippen MR) is 91.4 cm³/mol. The molecule has 1 aromatic heterocycles. The second-order valence-corrected chi connectivity index (χ2v) is 6.20. The number of carbonyl (C=O) groups is 1. The van der Waals surface area contributed by atoms with Crippen LogP contribution in [0.15, 0.2) is 30.5 Å². The van der Waals surface area contributed by atoms with E-state index in [1.807, 2.05) is 23.2 Å². The Morgan fingerprint density at radius 3 is 3.09 bits per heavy atom. The largest absolute Gasteiger partial charge is 0.396 e. The predicted octanol–water partition coefficient (Wildman–Crippen LogP) is 2.66. The highest BCUT2D eigenvalue weighted by Gasteiger charge is 2.25. The summed E-state index contributed by atoms with van der Waals surface area (Å²) in [5.41, 5.74) is 2.36. The number of carbonyl (C=O) groups excluding carboxylic acids is 1. The number of nitrogens with one attached hydrogen (secondary N) is 2. The summed E-state index contributed by atoms with van der Waals surface area (Å²) in [6.07, 6.45) is 6.70. The lowest BCUT2D eigenvalue weighted by Gasteiger charge is -2.35. The molecule has 1 aliphatic heterocycles. The van der Waals surface area contributed by atoms with Crippen molar-refractivity contribution in [2.24, 2.45) is 0 Å². The van der Waals surface area contributed by atoms with E-state index < -0.39 is 0 Å². The molecule has 0 radical (unpaired) electrons. The number of hydrogen-bond acceptors (Lipinski definition) is 2. The molecule has 2 aromatic rings. The molecule has 3 N–H and O–H groups in total. The summed E-state index contributed by atoms with van der Waals surface area (Å²) in [6, 6.07) is 8.40. The molecule has 5 heteroatoms. The Balaban J connectivity index is 1.54. The summed E-state index contributed by atoms with van der Waals surface area (Å²) >= 11 is 0. The molecule has 2 heterocycles. The third-order valence-corrected chi connectivity index (χ3v) is 4.70. The van der Waals surface area contributed by atoms with Crippen LogP contribution in [0.2, 0.25) is 0 Å². The number of H-pyrrole nitrogens is 1. The third-order valence-electron chi connectivity index (χ3n) is 4.70. The second-order valence-electron chi connectivity index (χ2n) is 6.20. The minimum atomic E-state index is 0.00277. The summed E-state index contributed by atoms with van der Waals surface area (Å²) < 4.78 is 0. The molecule has 3 rings (SSSR count). The van der Waals surface area contributed by atoms with E-state index in [1.165, 1.54) is 10.9 Å². The Hall–Kier alpha value is -2.01. The zero-order chi connectivity index (χ0) is 16.1. The van der Waals surface area contributed by atoms with E-state index in [0.717, 1.165) is 37.7 Å². The molecular weight excluding hydrogens is 290 g/mol. The minimum Gasteiger partial charge on any atom is -0.396 e. The lowest BCUT2D eigenvalue weighted by molar-refractivity contribution is 0.132. The number of benzene rings is 1. The Morgan fingerprint density at radius 1 is 1.35 bits per heavy atom. The number of hydrogen-bond donors (Lipinski definition) is 3. The van der Waals surface area contributed by atoms with Crippen molar-refractivity contribution in [1.29, 1.82) is 0 Å². The van der Waals surface area contributed by atoms with Gasteiger partial charge in [-0.3, -0.25) is 0 Å². The first-order valence-corrected chi connectivity index (χ1v) is 8.50. The smallest absolute Gasteiger partial charge is 0.317 e. The van der Waals surface area contributed by atoms with Gasteiger partial charge in [-0.2, -0.15) is 0 Å². The fourth-order valence-corrected chi connectivity index (χ4v) is 3.46. The standard InChI is InChI=1S/C18H25N3O2/c22-12-9-15-5-3-4-11-21(15)18(23)19-10-8-14-13-20-17-7-2-1-6-16(14)17/h1-2,6-7,13,15,20,22H,3-5,8-12H2,(H,19,23). The molecule has 1 unspecified atom stereocenters. The number of fused-ring (bicyclic) bond motifs is 1. The maximum absolute atomic E-state index is 12.4. The van der Waals surface area contributed by atoms with Crippen molar-refractivity contribution in [3.63, 3.8) is 0 Å². The molecule has 0 spiro atoms. The highest BCUT2D eigenvalue weighted by Crippen LogP contribution is 2.20. The number of amides is 2. The summed E-state index contributed by atoms with van der Waals surface area (Å²) in [5.74, 6) is 0. The summed E-state index contributed by atoms with van der Waals surface area (Å²) in [6.45, 7) is 1.57. The van der Waals surface area contributed by atoms with Gasteiger partial charge in [0.15, 0.2) is 0 Å². The van der Waals surface area contributed by atoms with Gasteiger partial charge >= 0.3 is 6.03 Å². The van der Waals surface area contributed by atoms with Gasteiger partial charge in [0.05, 0.1) is 0 Å². The van der Waals surface area contributed by atoms with Crippen LogP contribution in [-0.2, 0) is 6.42 Å². The highest BCUT2D eigenvalue weighted by molar-refractivity contribution is 5.83. The normalized spacial score (nSPS) is 18.3. The van der Waals surface area contributed by atoms with Gasteiger partial charge in [0.1, 0.15) is 0 Å². The van der Waals surface area contributed by atoms with Crippen LogP contribution in [-0.4, -0.2) is 46.8 Å². The molecule has 1 atom stereocenters. The van der Waals surface area contributed by atoms with E-state index in [4.69, 9.17) is 5.11 Å². The molecule has 1 aromatic carbocycles. The molecule has 0 saturated carbocycles. The van der Waals surface area contributed by atoms with Crippen LogP contribution >= 0.6 is 0 Å². The lowest BCUT2D eigenvalue weighted by Crippen LogP contribution is -2.49. The number of urea groups is 1. The zero-order valence-corrected chi connectivity index (χ0v) is 13.4. The number of aliphatic hydroxyl groups is 1. The van der Waals surface area contributed by atoms with Crippen molar-refractivity contribution in [2.45, 2.75) is 38.1 Å². The van der Waals surface area contributed by atoms with Crippen LogP contribution in [0.4, 0.5) is 4.79 Å². The van der Waals surface area contributed by atoms with E-state index in [2.05, 4.69) is 22.4 Å². The Bertz CT molecular complexity index is 651. The van der Waals surface area contributed by atoms with E-state index in [1.54, 1.807) is 0 Å². The van der Waals surface area contributed by atoms with Gasteiger partial charge in [0, 0.05) is 42.8 Å². The SMILES string of the molecule is O=C(NCCc1c[nH]c2ccccc12)N1CCCCC1CCO. The molecule has 0 bridgehead atoms. The fraction of sp³-hybridized carbons (Fsp3) is 0.500. The monoisotopic (exact) mass is 315 g/mol. The number of likely N-dealkylation sites (tertiary alicyclic amines) is 1. The number of aromatic nitrogens is 1. The van der Waals surface area contributed by atoms with E-state index in [-0.39, 0.29) is 18.7 Å². The number of para-hydroxylation sites is 1. The molecular formula is C18H25N3O2. The van der Waals surface area contributed by atoms with Crippen molar-refractivity contribution >= 4 is 16.9 Å². The topological polar surface area (TPSA) is 68.4 Å². The van der Waals surface area contributed by atoms with Crippen LogP contribution in [0.5, 0.6) is 0 Å². The van der Waals surface area contributed by atoms with Crippen molar-refractivity contribution in [2.75, 3.05) is 19.7 Å². The van der Waals surface area contributed by atoms with E-state index >= 15 is 0 Å². The first-order valence-electron chi connectivity index (χ1n) is 8.50. The summed E-state index contributed by atoms with van der Waals surface area (Å²) in [5, 5.41) is 13.4. The minimum absolute atomic E-state index is 0.00277. The van der Waals surface area contributed by atoms with Gasteiger partial charge < -0.3 is 20.3 Å². The fourth-order valence-electron chi connectivity index (χ4n) is 3.46. The van der Waals surface area contributed by atoms with Gasteiger partial charge in [0.2, 0.25) is 0 Å². The average molecular weight is 315 g/mol. The number of rotatable bonds is 5. The molecule has 23 heavy (non-hydrogen) atoms. The Labute approximate surface area is 136 Å². The lowest BCUT2D eigenvalue weighted by atomic mass is 10.0. The third kappa shape index (κ3) is 3.67. The van der Waals surface area contributed by atoms with Crippen LogP contribution < -0.4 is 5.32 Å². The average Bonchev–Trinajstić information content (AvgIpc) is 2.99. The van der Waals surface area contributed by atoms with Gasteiger partial charge in [-0.1, -0.05) is 18.2 Å². The number of aromatic amines is 1. The van der Waals surface area contributed by atoms with Gasteiger partial charge in [-0.05, 0) is 43.7 Å². The molecule has 0 aliphatic carbocycles. The molecule has 2 amide bonds. The Morgan fingerprint density at radius 2 is 2.22 bits per heavy atom. The maximum Gasteiger partial charge on any atom is 0.317 e. The highest BCUT2D eigenvalue weighted by atomic mass is 16.3. The zero-order valence-electron chi connectivity index (χ0n) is 13.4. The van der Waals surface area contributed by atoms with Crippen LogP contribution in [0.3, 0.4) is 0 Å². The first-order chi connectivity index (χ1) is 11.3. The van der Waals surface area contributed by atoms with Gasteiger partial charge in [0.25, 0.3) is 0 Å². The van der Waals surface area contributed by atoms with Crippen LogP contribution in [0.25, 0.3) is 10.9 Å². The molecule has 1 aliphatic rings.